The van der Waals surface area contributed by atoms with E-state index in [2.05, 4.69) is 0 Å². The molecule has 0 N–H and O–H groups in total. The van der Waals surface area contributed by atoms with Crippen LogP contribution in [0.25, 0.3) is 0 Å². The Morgan fingerprint density at radius 1 is 1.32 bits per heavy atom. The van der Waals surface area contributed by atoms with Crippen molar-refractivity contribution in [2.24, 2.45) is 5.92 Å². The molecule has 0 spiro atoms. The second-order valence-electron chi connectivity index (χ2n) is 5.14. The van der Waals surface area contributed by atoms with Crippen LogP contribution in [-0.4, -0.2) is 31.4 Å². The summed E-state index contributed by atoms with van der Waals surface area (Å²) in [7, 11) is 0. The number of para-hydroxylation sites is 1. The van der Waals surface area contributed by atoms with Crippen molar-refractivity contribution in [1.29, 1.82) is 0 Å². The number of carbonyl (C=O) groups excluding carboxylic acids is 2. The minimum Gasteiger partial charge on any atom is -0.381 e. The second-order valence-corrected chi connectivity index (χ2v) is 5.14. The van der Waals surface area contributed by atoms with Gasteiger partial charge in [0, 0.05) is 24.6 Å². The number of carbonyl (C=O) groups is 2. The van der Waals surface area contributed by atoms with E-state index >= 15 is 0 Å². The predicted molar refractivity (Wildman–Crippen MR) is 71.0 cm³/mol. The molecule has 19 heavy (non-hydrogen) atoms. The number of nitrogens with zero attached hydrogens (tertiary/aromatic N) is 1. The Morgan fingerprint density at radius 3 is 2.95 bits per heavy atom. The highest BCUT2D eigenvalue weighted by molar-refractivity contribution is 6.01. The van der Waals surface area contributed by atoms with Gasteiger partial charge in [-0.2, -0.15) is 0 Å². The lowest BCUT2D eigenvalue weighted by molar-refractivity contribution is -0.125. The average molecular weight is 259 g/mol. The Labute approximate surface area is 112 Å². The number of anilines is 1. The Balaban J connectivity index is 1.79. The summed E-state index contributed by atoms with van der Waals surface area (Å²) in [5.74, 6) is 0.121. The predicted octanol–water partition coefficient (Wildman–Crippen LogP) is 1.57. The van der Waals surface area contributed by atoms with Crippen LogP contribution in [0.3, 0.4) is 0 Å². The summed E-state index contributed by atoms with van der Waals surface area (Å²) < 4.78 is 5.24. The van der Waals surface area contributed by atoms with Crippen LogP contribution < -0.4 is 4.90 Å². The highest BCUT2D eigenvalue weighted by Crippen LogP contribution is 2.28. The van der Waals surface area contributed by atoms with Gasteiger partial charge in [-0.1, -0.05) is 18.2 Å². The van der Waals surface area contributed by atoms with E-state index in [0.29, 0.717) is 19.6 Å². The normalized spacial score (nSPS) is 22.4. The quantitative estimate of drug-likeness (QED) is 0.827. The Hall–Kier alpha value is -1.68. The molecule has 2 aliphatic rings. The van der Waals surface area contributed by atoms with Crippen molar-refractivity contribution in [3.8, 4) is 0 Å². The number of hydrogen-bond acceptors (Lipinski definition) is 3. The summed E-state index contributed by atoms with van der Waals surface area (Å²) in [6, 6.07) is 7.83. The van der Waals surface area contributed by atoms with E-state index in [1.54, 1.807) is 4.90 Å². The van der Waals surface area contributed by atoms with Crippen molar-refractivity contribution >= 4 is 17.4 Å². The van der Waals surface area contributed by atoms with Crippen LogP contribution in [0.4, 0.5) is 5.69 Å². The van der Waals surface area contributed by atoms with Crippen LogP contribution in [-0.2, 0) is 20.7 Å². The van der Waals surface area contributed by atoms with E-state index in [1.165, 1.54) is 0 Å². The lowest BCUT2D eigenvalue weighted by Crippen LogP contribution is -2.40. The first kappa shape index (κ1) is 12.4. The summed E-state index contributed by atoms with van der Waals surface area (Å²) in [4.78, 5) is 25.9. The summed E-state index contributed by atoms with van der Waals surface area (Å²) in [5.41, 5.74) is 2.04. The lowest BCUT2D eigenvalue weighted by Gasteiger charge is -2.29. The first-order valence-corrected chi connectivity index (χ1v) is 6.74. The number of ether oxygens (including phenoxy) is 1. The lowest BCUT2D eigenvalue weighted by atomic mass is 9.98. The van der Waals surface area contributed by atoms with Gasteiger partial charge in [0.25, 0.3) is 0 Å². The summed E-state index contributed by atoms with van der Waals surface area (Å²) >= 11 is 0. The van der Waals surface area contributed by atoms with E-state index < -0.39 is 0 Å². The molecule has 0 saturated carbocycles. The van der Waals surface area contributed by atoms with E-state index in [1.807, 2.05) is 24.3 Å². The first-order chi connectivity index (χ1) is 9.25. The average Bonchev–Trinajstić information content (AvgIpc) is 2.96. The molecule has 3 rings (SSSR count). The Bertz CT molecular complexity index is 506. The summed E-state index contributed by atoms with van der Waals surface area (Å²) in [6.45, 7) is 1.34. The molecule has 0 radical (unpaired) electrons. The summed E-state index contributed by atoms with van der Waals surface area (Å²) in [6.07, 6.45) is 2.04. The van der Waals surface area contributed by atoms with Crippen molar-refractivity contribution in [3.63, 3.8) is 0 Å². The zero-order valence-corrected chi connectivity index (χ0v) is 10.8. The van der Waals surface area contributed by atoms with Crippen molar-refractivity contribution in [3.05, 3.63) is 29.8 Å². The van der Waals surface area contributed by atoms with Crippen LogP contribution in [0.2, 0.25) is 0 Å². The summed E-state index contributed by atoms with van der Waals surface area (Å²) in [5, 5.41) is 0. The number of amides is 1. The van der Waals surface area contributed by atoms with Gasteiger partial charge in [0.05, 0.1) is 13.2 Å². The van der Waals surface area contributed by atoms with Crippen molar-refractivity contribution in [2.45, 2.75) is 19.3 Å². The van der Waals surface area contributed by atoms with E-state index in [0.717, 1.165) is 24.1 Å². The fourth-order valence-electron chi connectivity index (χ4n) is 2.74. The van der Waals surface area contributed by atoms with Gasteiger partial charge >= 0.3 is 0 Å². The molecular weight excluding hydrogens is 242 g/mol. The molecule has 1 atom stereocenters. The van der Waals surface area contributed by atoms with Crippen LogP contribution in [0.15, 0.2) is 24.3 Å². The van der Waals surface area contributed by atoms with E-state index in [4.69, 9.17) is 4.74 Å². The van der Waals surface area contributed by atoms with Gasteiger partial charge in [-0.15, -0.1) is 0 Å². The van der Waals surface area contributed by atoms with Crippen LogP contribution >= 0.6 is 0 Å². The fourth-order valence-corrected chi connectivity index (χ4v) is 2.74. The molecule has 4 heteroatoms. The minimum atomic E-state index is -0.0399. The van der Waals surface area contributed by atoms with Gasteiger partial charge < -0.3 is 9.64 Å². The number of rotatable bonds is 3. The smallest absolute Gasteiger partial charge is 0.227 e. The number of benzene rings is 1. The maximum absolute atomic E-state index is 12.2. The molecule has 1 unspecified atom stereocenters. The molecule has 4 nitrogen and oxygen atoms in total. The number of hydrogen-bond donors (Lipinski definition) is 0. The molecule has 1 amide bonds. The molecular formula is C15H17NO3. The highest BCUT2D eigenvalue weighted by atomic mass is 16.5. The van der Waals surface area contributed by atoms with Crippen molar-refractivity contribution in [1.82, 2.24) is 0 Å². The van der Waals surface area contributed by atoms with E-state index in [-0.39, 0.29) is 24.2 Å². The SMILES string of the molecule is O=C(CN1C(=O)CCc2ccccc21)C1CCOC1. The molecule has 2 aliphatic heterocycles. The third kappa shape index (κ3) is 2.40. The molecule has 0 aliphatic carbocycles. The third-order valence-electron chi connectivity index (χ3n) is 3.89. The standard InChI is InChI=1S/C15H17NO3/c17-14(12-7-8-19-10-12)9-16-13-4-2-1-3-11(13)5-6-15(16)18/h1-4,12H,5-10H2. The molecule has 1 fully saturated rings. The van der Waals surface area contributed by atoms with Crippen LogP contribution in [0.1, 0.15) is 18.4 Å². The number of ketones is 1. The van der Waals surface area contributed by atoms with Crippen molar-refractivity contribution < 1.29 is 14.3 Å². The fraction of sp³-hybridized carbons (Fsp3) is 0.467. The van der Waals surface area contributed by atoms with Gasteiger partial charge in [0.15, 0.2) is 5.78 Å². The minimum absolute atomic E-state index is 0.0399. The molecule has 100 valence electrons. The van der Waals surface area contributed by atoms with Gasteiger partial charge in [0.1, 0.15) is 0 Å². The Morgan fingerprint density at radius 2 is 2.16 bits per heavy atom. The molecule has 1 aromatic rings. The maximum Gasteiger partial charge on any atom is 0.227 e. The first-order valence-electron chi connectivity index (χ1n) is 6.74. The third-order valence-corrected chi connectivity index (χ3v) is 3.89. The number of Topliss-reactive ketones (excluding diaryl/α,β-unsaturated/α-hetero) is 1. The van der Waals surface area contributed by atoms with Gasteiger partial charge in [-0.3, -0.25) is 9.59 Å². The molecule has 2 heterocycles. The topological polar surface area (TPSA) is 46.6 Å². The van der Waals surface area contributed by atoms with Crippen molar-refractivity contribution in [2.75, 3.05) is 24.7 Å². The zero-order chi connectivity index (χ0) is 13.2. The van der Waals surface area contributed by atoms with Gasteiger partial charge in [-0.25, -0.2) is 0 Å². The van der Waals surface area contributed by atoms with E-state index in [9.17, 15) is 9.59 Å². The molecule has 1 saturated heterocycles. The monoisotopic (exact) mass is 259 g/mol. The highest BCUT2D eigenvalue weighted by Gasteiger charge is 2.30. The second kappa shape index (κ2) is 5.13. The van der Waals surface area contributed by atoms with Crippen LogP contribution in [0.5, 0.6) is 0 Å². The molecule has 0 aromatic heterocycles. The van der Waals surface area contributed by atoms with Crippen LogP contribution in [0, 0.1) is 5.92 Å². The number of aryl methyl sites for hydroxylation is 1. The van der Waals surface area contributed by atoms with Gasteiger partial charge in [0.2, 0.25) is 5.91 Å². The number of fused-ring (bicyclic) bond motifs is 1. The largest absolute Gasteiger partial charge is 0.381 e. The molecule has 1 aromatic carbocycles. The zero-order valence-electron chi connectivity index (χ0n) is 10.8. The van der Waals surface area contributed by atoms with Gasteiger partial charge in [-0.05, 0) is 24.5 Å². The molecule has 0 bridgehead atoms. The Kier molecular flexibility index (Phi) is 3.34. The maximum atomic E-state index is 12.2.